The Kier molecular flexibility index (Phi) is 6.39. The maximum Gasteiger partial charge on any atom is 0.416 e. The number of halogens is 3. The standard InChI is InChI=1S/C21H31BF3NO3/c1-18(2,3)28-17(27)26-13-14-8-9-15(12-16(14)21(23,24)25)22-11-10-19(4,5)20(6,7)29-22/h8-9,12H,10-11,13H2,1-7H3,(H,26,27). The first-order valence-corrected chi connectivity index (χ1v) is 9.86. The lowest BCUT2D eigenvalue weighted by molar-refractivity contribution is -0.138. The molecule has 0 radical (unpaired) electrons. The lowest BCUT2D eigenvalue weighted by Crippen LogP contribution is -2.54. The Morgan fingerprint density at radius 1 is 1.21 bits per heavy atom. The number of amides is 1. The molecule has 0 unspecified atom stereocenters. The second kappa shape index (κ2) is 7.86. The zero-order valence-corrected chi connectivity index (χ0v) is 18.3. The molecule has 0 bridgehead atoms. The summed E-state index contributed by atoms with van der Waals surface area (Å²) in [5.74, 6) is 0. The summed E-state index contributed by atoms with van der Waals surface area (Å²) in [6.45, 7) is 12.6. The predicted molar refractivity (Wildman–Crippen MR) is 108 cm³/mol. The average molecular weight is 413 g/mol. The van der Waals surface area contributed by atoms with Crippen molar-refractivity contribution in [2.75, 3.05) is 0 Å². The third kappa shape index (κ3) is 5.90. The molecule has 1 fully saturated rings. The number of hydrogen-bond donors (Lipinski definition) is 1. The van der Waals surface area contributed by atoms with E-state index in [9.17, 15) is 18.0 Å². The van der Waals surface area contributed by atoms with Crippen molar-refractivity contribution >= 4 is 18.5 Å². The van der Waals surface area contributed by atoms with Crippen LogP contribution in [0.15, 0.2) is 18.2 Å². The van der Waals surface area contributed by atoms with Gasteiger partial charge in [-0.1, -0.05) is 32.0 Å². The lowest BCUT2D eigenvalue weighted by Gasteiger charge is -2.48. The molecule has 4 nitrogen and oxygen atoms in total. The summed E-state index contributed by atoms with van der Waals surface area (Å²) in [4.78, 5) is 11.8. The van der Waals surface area contributed by atoms with Crippen molar-refractivity contribution in [3.63, 3.8) is 0 Å². The molecule has 29 heavy (non-hydrogen) atoms. The molecular weight excluding hydrogens is 382 g/mol. The van der Waals surface area contributed by atoms with Gasteiger partial charge >= 0.3 is 19.2 Å². The van der Waals surface area contributed by atoms with E-state index in [1.54, 1.807) is 26.8 Å². The Hall–Kier alpha value is -1.70. The molecule has 1 aliphatic heterocycles. The highest BCUT2D eigenvalue weighted by Gasteiger charge is 2.45. The molecule has 1 amide bonds. The van der Waals surface area contributed by atoms with E-state index in [1.165, 1.54) is 6.07 Å². The van der Waals surface area contributed by atoms with Gasteiger partial charge in [-0.25, -0.2) is 4.79 Å². The van der Waals surface area contributed by atoms with Crippen LogP contribution in [0.3, 0.4) is 0 Å². The Morgan fingerprint density at radius 2 is 1.83 bits per heavy atom. The fourth-order valence-electron chi connectivity index (χ4n) is 3.30. The summed E-state index contributed by atoms with van der Waals surface area (Å²) in [5, 5.41) is 2.40. The molecule has 0 aliphatic carbocycles. The molecule has 0 atom stereocenters. The van der Waals surface area contributed by atoms with Gasteiger partial charge in [0, 0.05) is 6.54 Å². The molecule has 8 heteroatoms. The molecule has 1 heterocycles. The number of carbonyl (C=O) groups excluding carboxylic acids is 1. The summed E-state index contributed by atoms with van der Waals surface area (Å²) in [6, 6.07) is 4.21. The molecule has 162 valence electrons. The molecule has 1 N–H and O–H groups in total. The van der Waals surface area contributed by atoms with E-state index in [4.69, 9.17) is 9.39 Å². The summed E-state index contributed by atoms with van der Waals surface area (Å²) in [6.07, 6.45) is -3.78. The number of nitrogens with one attached hydrogen (secondary N) is 1. The molecule has 0 aromatic heterocycles. The van der Waals surface area contributed by atoms with E-state index in [0.29, 0.717) is 11.8 Å². The number of carbonyl (C=O) groups is 1. The van der Waals surface area contributed by atoms with Crippen LogP contribution in [0.2, 0.25) is 6.32 Å². The van der Waals surface area contributed by atoms with E-state index in [2.05, 4.69) is 19.2 Å². The van der Waals surface area contributed by atoms with Gasteiger partial charge in [-0.05, 0) is 63.8 Å². The second-order valence-corrected chi connectivity index (χ2v) is 9.81. The van der Waals surface area contributed by atoms with Crippen molar-refractivity contribution in [2.24, 2.45) is 5.41 Å². The topological polar surface area (TPSA) is 47.6 Å². The number of ether oxygens (including phenoxy) is 1. The van der Waals surface area contributed by atoms with Gasteiger partial charge in [0.25, 0.3) is 0 Å². The van der Waals surface area contributed by atoms with Crippen molar-refractivity contribution in [3.8, 4) is 0 Å². The molecular formula is C21H31BF3NO3. The highest BCUT2D eigenvalue weighted by molar-refractivity contribution is 6.67. The van der Waals surface area contributed by atoms with Crippen LogP contribution in [0.1, 0.15) is 66.0 Å². The number of benzene rings is 1. The Balaban J connectivity index is 2.23. The van der Waals surface area contributed by atoms with Gasteiger partial charge in [0.05, 0.1) is 11.2 Å². The number of alkyl halides is 3. The van der Waals surface area contributed by atoms with E-state index in [-0.39, 0.29) is 17.5 Å². The first-order chi connectivity index (χ1) is 13.0. The van der Waals surface area contributed by atoms with Gasteiger partial charge in [-0.15, -0.1) is 0 Å². The van der Waals surface area contributed by atoms with Gasteiger partial charge in [0.2, 0.25) is 0 Å². The van der Waals surface area contributed by atoms with E-state index < -0.39 is 36.0 Å². The average Bonchev–Trinajstić information content (AvgIpc) is 2.53. The van der Waals surface area contributed by atoms with E-state index >= 15 is 0 Å². The number of alkyl carbamates (subject to hydrolysis) is 1. The normalized spacial score (nSPS) is 19.0. The Labute approximate surface area is 171 Å². The van der Waals surface area contributed by atoms with Crippen LogP contribution in [0.4, 0.5) is 18.0 Å². The van der Waals surface area contributed by atoms with Crippen molar-refractivity contribution < 1.29 is 27.4 Å². The van der Waals surface area contributed by atoms with Gasteiger partial charge in [0.1, 0.15) is 5.60 Å². The summed E-state index contributed by atoms with van der Waals surface area (Å²) in [5.41, 5.74) is -1.51. The Bertz CT molecular complexity index is 755. The van der Waals surface area contributed by atoms with Crippen molar-refractivity contribution in [3.05, 3.63) is 29.3 Å². The number of rotatable bonds is 3. The molecule has 1 saturated heterocycles. The summed E-state index contributed by atoms with van der Waals surface area (Å²) in [7, 11) is 0. The van der Waals surface area contributed by atoms with Crippen LogP contribution in [0.5, 0.6) is 0 Å². The van der Waals surface area contributed by atoms with Crippen LogP contribution < -0.4 is 10.8 Å². The lowest BCUT2D eigenvalue weighted by atomic mass is 9.50. The fraction of sp³-hybridized carbons (Fsp3) is 0.667. The largest absolute Gasteiger partial charge is 0.444 e. The van der Waals surface area contributed by atoms with E-state index in [1.807, 2.05) is 13.8 Å². The molecule has 1 aromatic rings. The Morgan fingerprint density at radius 3 is 2.34 bits per heavy atom. The quantitative estimate of drug-likeness (QED) is 0.697. The predicted octanol–water partition coefficient (Wildman–Crippen LogP) is 5.15. The summed E-state index contributed by atoms with van der Waals surface area (Å²) < 4.78 is 52.3. The second-order valence-electron chi connectivity index (χ2n) is 9.81. The maximum atomic E-state index is 13.7. The summed E-state index contributed by atoms with van der Waals surface area (Å²) >= 11 is 0. The van der Waals surface area contributed by atoms with Crippen LogP contribution in [0.25, 0.3) is 0 Å². The fourth-order valence-corrected chi connectivity index (χ4v) is 3.30. The minimum Gasteiger partial charge on any atom is -0.444 e. The highest BCUT2D eigenvalue weighted by Crippen LogP contribution is 2.43. The van der Waals surface area contributed by atoms with Crippen LogP contribution in [-0.2, 0) is 22.1 Å². The third-order valence-corrected chi connectivity index (χ3v) is 5.73. The molecule has 1 aromatic carbocycles. The van der Waals surface area contributed by atoms with Gasteiger partial charge in [0.15, 0.2) is 0 Å². The van der Waals surface area contributed by atoms with Crippen LogP contribution in [-0.4, -0.2) is 24.2 Å². The van der Waals surface area contributed by atoms with Crippen molar-refractivity contribution in [2.45, 2.75) is 85.1 Å². The molecule has 0 saturated carbocycles. The zero-order valence-electron chi connectivity index (χ0n) is 18.3. The third-order valence-electron chi connectivity index (χ3n) is 5.73. The van der Waals surface area contributed by atoms with Gasteiger partial charge in [-0.2, -0.15) is 13.2 Å². The molecule has 0 spiro atoms. The van der Waals surface area contributed by atoms with Gasteiger partial charge in [-0.3, -0.25) is 0 Å². The monoisotopic (exact) mass is 413 g/mol. The SMILES string of the molecule is CC(C)(C)OC(=O)NCc1ccc(B2CCC(C)(C)C(C)(C)O2)cc1C(F)(F)F. The van der Waals surface area contributed by atoms with E-state index in [0.717, 1.165) is 12.5 Å². The zero-order chi connectivity index (χ0) is 22.3. The van der Waals surface area contributed by atoms with Crippen molar-refractivity contribution in [1.82, 2.24) is 5.32 Å². The first-order valence-electron chi connectivity index (χ1n) is 9.86. The van der Waals surface area contributed by atoms with Crippen molar-refractivity contribution in [1.29, 1.82) is 0 Å². The molecule has 2 rings (SSSR count). The first kappa shape index (κ1) is 23.6. The minimum absolute atomic E-state index is 0.0116. The van der Waals surface area contributed by atoms with Crippen LogP contribution >= 0.6 is 0 Å². The maximum absolute atomic E-state index is 13.7. The van der Waals surface area contributed by atoms with Crippen LogP contribution in [0, 0.1) is 5.41 Å². The highest BCUT2D eigenvalue weighted by atomic mass is 19.4. The minimum atomic E-state index is -4.54. The smallest absolute Gasteiger partial charge is 0.416 e. The number of hydrogen-bond acceptors (Lipinski definition) is 3. The van der Waals surface area contributed by atoms with Gasteiger partial charge < -0.3 is 14.7 Å². The molecule has 1 aliphatic rings.